The minimum absolute atomic E-state index is 0.888. The van der Waals surface area contributed by atoms with Crippen LogP contribution in [0.2, 0.25) is 0 Å². The predicted molar refractivity (Wildman–Crippen MR) is 54.1 cm³/mol. The summed E-state index contributed by atoms with van der Waals surface area (Å²) in [5.41, 5.74) is 9.17. The molecule has 0 saturated carbocycles. The summed E-state index contributed by atoms with van der Waals surface area (Å²) >= 11 is 0. The summed E-state index contributed by atoms with van der Waals surface area (Å²) in [4.78, 5) is 0. The maximum absolute atomic E-state index is 5.80. The first kappa shape index (κ1) is 8.85. The first-order chi connectivity index (χ1) is 5.74. The van der Waals surface area contributed by atoms with E-state index < -0.39 is 0 Å². The van der Waals surface area contributed by atoms with Crippen molar-refractivity contribution < 1.29 is 0 Å². The van der Waals surface area contributed by atoms with Crippen LogP contribution in [0.4, 0.5) is 5.69 Å². The Bertz CT molecular complexity index is 287. The molecule has 0 saturated heterocycles. The summed E-state index contributed by atoms with van der Waals surface area (Å²) in [6.07, 6.45) is 5.09. The van der Waals surface area contributed by atoms with Crippen molar-refractivity contribution in [1.29, 1.82) is 0 Å². The van der Waals surface area contributed by atoms with Gasteiger partial charge in [-0.25, -0.2) is 0 Å². The highest BCUT2D eigenvalue weighted by Gasteiger charge is 1.95. The zero-order valence-corrected chi connectivity index (χ0v) is 7.67. The molecule has 0 unspecified atom stereocenters. The molecule has 0 aliphatic heterocycles. The van der Waals surface area contributed by atoms with Crippen molar-refractivity contribution in [3.8, 4) is 0 Å². The smallest absolute Gasteiger partial charge is 0.0349 e. The third-order valence-corrected chi connectivity index (χ3v) is 1.87. The van der Waals surface area contributed by atoms with Crippen LogP contribution in [0.5, 0.6) is 0 Å². The highest BCUT2D eigenvalue weighted by atomic mass is 14.6. The van der Waals surface area contributed by atoms with Crippen LogP contribution in [-0.2, 0) is 6.42 Å². The molecule has 0 aromatic heterocycles. The van der Waals surface area contributed by atoms with E-state index in [1.165, 1.54) is 11.1 Å². The van der Waals surface area contributed by atoms with Gasteiger partial charge in [0.2, 0.25) is 0 Å². The number of allylic oxidation sites excluding steroid dienone is 2. The van der Waals surface area contributed by atoms with E-state index >= 15 is 0 Å². The Labute approximate surface area is 73.9 Å². The molecule has 0 spiro atoms. The van der Waals surface area contributed by atoms with Crippen molar-refractivity contribution in [2.45, 2.75) is 20.3 Å². The van der Waals surface area contributed by atoms with E-state index in [1.54, 1.807) is 0 Å². The van der Waals surface area contributed by atoms with Gasteiger partial charge in [0, 0.05) is 5.69 Å². The predicted octanol–water partition coefficient (Wildman–Crippen LogP) is 2.70. The largest absolute Gasteiger partial charge is 0.398 e. The second kappa shape index (κ2) is 3.96. The number of benzene rings is 1. The molecule has 64 valence electrons. The quantitative estimate of drug-likeness (QED) is 0.523. The van der Waals surface area contributed by atoms with Gasteiger partial charge in [0.25, 0.3) is 0 Å². The maximum atomic E-state index is 5.80. The van der Waals surface area contributed by atoms with Gasteiger partial charge in [-0.05, 0) is 31.9 Å². The fourth-order valence-electron chi connectivity index (χ4n) is 1.16. The summed E-state index contributed by atoms with van der Waals surface area (Å²) in [5.74, 6) is 0. The van der Waals surface area contributed by atoms with E-state index in [-0.39, 0.29) is 0 Å². The lowest BCUT2D eigenvalue weighted by atomic mass is 10.1. The Morgan fingerprint density at radius 1 is 1.42 bits per heavy atom. The molecule has 0 atom stereocenters. The number of hydrogen-bond acceptors (Lipinski definition) is 1. The zero-order valence-electron chi connectivity index (χ0n) is 7.67. The first-order valence-electron chi connectivity index (χ1n) is 4.20. The molecule has 1 heteroatoms. The molecule has 0 amide bonds. The first-order valence-corrected chi connectivity index (χ1v) is 4.20. The van der Waals surface area contributed by atoms with Crippen LogP contribution in [-0.4, -0.2) is 0 Å². The van der Waals surface area contributed by atoms with Gasteiger partial charge in [-0.15, -0.1) is 0 Å². The third kappa shape index (κ3) is 2.12. The Kier molecular flexibility index (Phi) is 2.92. The molecule has 0 radical (unpaired) electrons. The average molecular weight is 161 g/mol. The van der Waals surface area contributed by atoms with Gasteiger partial charge in [-0.2, -0.15) is 0 Å². The lowest BCUT2D eigenvalue weighted by molar-refractivity contribution is 1.25. The standard InChI is InChI=1S/C11H15N/c1-3-4-5-10-8-9(2)6-7-11(10)12/h3-4,6-8H,5,12H2,1-2H3/b4-3+. The monoisotopic (exact) mass is 161 g/mol. The van der Waals surface area contributed by atoms with Gasteiger partial charge in [-0.1, -0.05) is 29.8 Å². The number of hydrogen-bond donors (Lipinski definition) is 1. The Morgan fingerprint density at radius 3 is 2.83 bits per heavy atom. The number of aryl methyl sites for hydroxylation is 1. The van der Waals surface area contributed by atoms with Gasteiger partial charge in [0.15, 0.2) is 0 Å². The topological polar surface area (TPSA) is 26.0 Å². The van der Waals surface area contributed by atoms with Crippen LogP contribution >= 0.6 is 0 Å². The van der Waals surface area contributed by atoms with Crippen molar-refractivity contribution in [1.82, 2.24) is 0 Å². The second-order valence-corrected chi connectivity index (χ2v) is 2.98. The summed E-state index contributed by atoms with van der Waals surface area (Å²) in [7, 11) is 0. The SMILES string of the molecule is C/C=C/Cc1cc(C)ccc1N. The summed E-state index contributed by atoms with van der Waals surface area (Å²) in [6.45, 7) is 4.10. The van der Waals surface area contributed by atoms with E-state index in [1.807, 2.05) is 25.1 Å². The van der Waals surface area contributed by atoms with Crippen molar-refractivity contribution in [2.75, 3.05) is 5.73 Å². The lowest BCUT2D eigenvalue weighted by Crippen LogP contribution is -1.93. The minimum atomic E-state index is 0.888. The lowest BCUT2D eigenvalue weighted by Gasteiger charge is -2.03. The van der Waals surface area contributed by atoms with Crippen LogP contribution in [0.25, 0.3) is 0 Å². The van der Waals surface area contributed by atoms with Crippen LogP contribution in [0.1, 0.15) is 18.1 Å². The maximum Gasteiger partial charge on any atom is 0.0349 e. The number of nitrogens with two attached hydrogens (primary N) is 1. The molecule has 0 heterocycles. The van der Waals surface area contributed by atoms with E-state index in [9.17, 15) is 0 Å². The van der Waals surface area contributed by atoms with Crippen LogP contribution in [0.15, 0.2) is 30.4 Å². The van der Waals surface area contributed by atoms with E-state index in [0.29, 0.717) is 0 Å². The number of anilines is 1. The highest BCUT2D eigenvalue weighted by molar-refractivity contribution is 5.49. The zero-order chi connectivity index (χ0) is 8.97. The van der Waals surface area contributed by atoms with Crippen molar-refractivity contribution >= 4 is 5.69 Å². The Morgan fingerprint density at radius 2 is 2.17 bits per heavy atom. The molecule has 2 N–H and O–H groups in total. The molecule has 0 bridgehead atoms. The third-order valence-electron chi connectivity index (χ3n) is 1.87. The van der Waals surface area contributed by atoms with Crippen molar-refractivity contribution in [3.05, 3.63) is 41.5 Å². The minimum Gasteiger partial charge on any atom is -0.398 e. The molecular weight excluding hydrogens is 146 g/mol. The van der Waals surface area contributed by atoms with Crippen LogP contribution < -0.4 is 5.73 Å². The molecule has 1 rings (SSSR count). The summed E-state index contributed by atoms with van der Waals surface area (Å²) < 4.78 is 0. The molecule has 0 fully saturated rings. The summed E-state index contributed by atoms with van der Waals surface area (Å²) in [5, 5.41) is 0. The van der Waals surface area contributed by atoms with Gasteiger partial charge < -0.3 is 5.73 Å². The number of rotatable bonds is 2. The number of nitrogen functional groups attached to an aromatic ring is 1. The highest BCUT2D eigenvalue weighted by Crippen LogP contribution is 2.14. The normalized spacial score (nSPS) is 10.8. The average Bonchev–Trinajstić information content (AvgIpc) is 2.07. The van der Waals surface area contributed by atoms with Gasteiger partial charge >= 0.3 is 0 Å². The van der Waals surface area contributed by atoms with E-state index in [2.05, 4.69) is 19.1 Å². The van der Waals surface area contributed by atoms with Gasteiger partial charge in [-0.3, -0.25) is 0 Å². The Balaban J connectivity index is 2.89. The Hall–Kier alpha value is -1.24. The fraction of sp³-hybridized carbons (Fsp3) is 0.273. The van der Waals surface area contributed by atoms with Crippen molar-refractivity contribution in [3.63, 3.8) is 0 Å². The molecule has 0 aliphatic carbocycles. The molecule has 1 nitrogen and oxygen atoms in total. The van der Waals surface area contributed by atoms with E-state index in [4.69, 9.17) is 5.73 Å². The fourth-order valence-corrected chi connectivity index (χ4v) is 1.16. The van der Waals surface area contributed by atoms with Crippen LogP contribution in [0, 0.1) is 6.92 Å². The van der Waals surface area contributed by atoms with Gasteiger partial charge in [0.1, 0.15) is 0 Å². The summed E-state index contributed by atoms with van der Waals surface area (Å²) in [6, 6.07) is 6.14. The van der Waals surface area contributed by atoms with Crippen molar-refractivity contribution in [2.24, 2.45) is 0 Å². The molecular formula is C11H15N. The molecule has 0 aliphatic rings. The van der Waals surface area contributed by atoms with Gasteiger partial charge in [0.05, 0.1) is 0 Å². The van der Waals surface area contributed by atoms with E-state index in [0.717, 1.165) is 12.1 Å². The second-order valence-electron chi connectivity index (χ2n) is 2.98. The molecule has 12 heavy (non-hydrogen) atoms. The molecule has 1 aromatic carbocycles. The van der Waals surface area contributed by atoms with Crippen LogP contribution in [0.3, 0.4) is 0 Å². The molecule has 1 aromatic rings.